The highest BCUT2D eigenvalue weighted by Crippen LogP contribution is 2.19. The Labute approximate surface area is 143 Å². The number of rotatable bonds is 4. The summed E-state index contributed by atoms with van der Waals surface area (Å²) in [7, 11) is 0. The second-order valence-electron chi connectivity index (χ2n) is 5.33. The van der Waals surface area contributed by atoms with Gasteiger partial charge in [0.1, 0.15) is 5.82 Å². The number of nitrogens with zero attached hydrogens (tertiary/aromatic N) is 3. The van der Waals surface area contributed by atoms with Crippen LogP contribution >= 0.6 is 11.3 Å². The van der Waals surface area contributed by atoms with Crippen molar-refractivity contribution in [3.63, 3.8) is 0 Å². The summed E-state index contributed by atoms with van der Waals surface area (Å²) < 4.78 is 0. The predicted octanol–water partition coefficient (Wildman–Crippen LogP) is 2.73. The minimum absolute atomic E-state index is 0.120. The lowest BCUT2D eigenvalue weighted by Crippen LogP contribution is -2.22. The van der Waals surface area contributed by atoms with E-state index in [2.05, 4.69) is 20.3 Å². The van der Waals surface area contributed by atoms with Gasteiger partial charge >= 0.3 is 0 Å². The van der Waals surface area contributed by atoms with Gasteiger partial charge in [-0.15, -0.1) is 11.3 Å². The lowest BCUT2D eigenvalue weighted by Gasteiger charge is -2.06. The number of benzene rings is 1. The molecule has 1 aromatic carbocycles. The van der Waals surface area contributed by atoms with Crippen molar-refractivity contribution in [3.05, 3.63) is 57.8 Å². The van der Waals surface area contributed by atoms with E-state index in [1.807, 2.05) is 26.0 Å². The van der Waals surface area contributed by atoms with Gasteiger partial charge in [0.25, 0.3) is 5.91 Å². The molecule has 3 N–H and O–H groups in total. The van der Waals surface area contributed by atoms with Crippen LogP contribution in [0, 0.1) is 13.8 Å². The van der Waals surface area contributed by atoms with E-state index in [1.54, 1.807) is 29.7 Å². The summed E-state index contributed by atoms with van der Waals surface area (Å²) in [6.45, 7) is 4.39. The summed E-state index contributed by atoms with van der Waals surface area (Å²) in [6.07, 6.45) is 3.13. The van der Waals surface area contributed by atoms with Crippen LogP contribution in [0.1, 0.15) is 25.9 Å². The summed E-state index contributed by atoms with van der Waals surface area (Å²) in [5, 5.41) is 3.93. The van der Waals surface area contributed by atoms with Crippen molar-refractivity contribution in [2.45, 2.75) is 20.4 Å². The molecule has 0 atom stereocenters. The normalized spacial score (nSPS) is 10.6. The van der Waals surface area contributed by atoms with Crippen LogP contribution in [0.5, 0.6) is 0 Å². The number of anilines is 1. The van der Waals surface area contributed by atoms with Gasteiger partial charge in [0.05, 0.1) is 35.3 Å². The SMILES string of the molecule is Cc1nc(C)c(CNC(=O)c2ccc(-c3cncc(N)n3)cc2)s1. The second kappa shape index (κ2) is 6.76. The van der Waals surface area contributed by atoms with Crippen LogP contribution < -0.4 is 11.1 Å². The topological polar surface area (TPSA) is 93.8 Å². The highest BCUT2D eigenvalue weighted by atomic mass is 32.1. The molecule has 0 saturated heterocycles. The van der Waals surface area contributed by atoms with Crippen LogP contribution in [0.4, 0.5) is 5.82 Å². The van der Waals surface area contributed by atoms with Crippen LogP contribution in [0.25, 0.3) is 11.3 Å². The van der Waals surface area contributed by atoms with E-state index in [-0.39, 0.29) is 5.91 Å². The molecule has 0 aliphatic rings. The summed E-state index contributed by atoms with van der Waals surface area (Å²) in [4.78, 5) is 25.9. The minimum Gasteiger partial charge on any atom is -0.382 e. The maximum atomic E-state index is 12.3. The molecule has 7 heteroatoms. The van der Waals surface area contributed by atoms with Crippen molar-refractivity contribution in [2.75, 3.05) is 5.73 Å². The number of nitrogens with two attached hydrogens (primary N) is 1. The Kier molecular flexibility index (Phi) is 4.52. The molecule has 122 valence electrons. The number of thiazole rings is 1. The number of carbonyl (C=O) groups is 1. The van der Waals surface area contributed by atoms with Crippen molar-refractivity contribution < 1.29 is 4.79 Å². The van der Waals surface area contributed by atoms with E-state index in [0.717, 1.165) is 21.1 Å². The quantitative estimate of drug-likeness (QED) is 0.762. The Hall–Kier alpha value is -2.80. The molecule has 0 unspecified atom stereocenters. The molecular weight excluding hydrogens is 322 g/mol. The molecule has 2 aromatic heterocycles. The average Bonchev–Trinajstić information content (AvgIpc) is 2.90. The van der Waals surface area contributed by atoms with E-state index in [4.69, 9.17) is 5.73 Å². The molecule has 1 amide bonds. The number of nitrogen functional groups attached to an aromatic ring is 1. The predicted molar refractivity (Wildman–Crippen MR) is 94.6 cm³/mol. The van der Waals surface area contributed by atoms with Crippen LogP contribution in [0.3, 0.4) is 0 Å². The average molecular weight is 339 g/mol. The smallest absolute Gasteiger partial charge is 0.251 e. The van der Waals surface area contributed by atoms with Crippen molar-refractivity contribution in [2.24, 2.45) is 0 Å². The monoisotopic (exact) mass is 339 g/mol. The second-order valence-corrected chi connectivity index (χ2v) is 6.62. The summed E-state index contributed by atoms with van der Waals surface area (Å²) >= 11 is 1.60. The number of carbonyl (C=O) groups excluding carboxylic acids is 1. The first kappa shape index (κ1) is 16.1. The van der Waals surface area contributed by atoms with Crippen molar-refractivity contribution in [1.82, 2.24) is 20.3 Å². The van der Waals surface area contributed by atoms with Crippen molar-refractivity contribution >= 4 is 23.1 Å². The molecule has 0 spiro atoms. The third kappa shape index (κ3) is 3.57. The van der Waals surface area contributed by atoms with Gasteiger partial charge in [0.15, 0.2) is 0 Å². The number of amides is 1. The molecule has 0 saturated carbocycles. The number of hydrogen-bond acceptors (Lipinski definition) is 6. The van der Waals surface area contributed by atoms with E-state index in [1.165, 1.54) is 6.20 Å². The van der Waals surface area contributed by atoms with Crippen LogP contribution in [0.15, 0.2) is 36.7 Å². The lowest BCUT2D eigenvalue weighted by molar-refractivity contribution is 0.0951. The van der Waals surface area contributed by atoms with E-state index >= 15 is 0 Å². The molecule has 0 bridgehead atoms. The van der Waals surface area contributed by atoms with Gasteiger partial charge in [-0.3, -0.25) is 9.78 Å². The Morgan fingerprint density at radius 1 is 1.17 bits per heavy atom. The largest absolute Gasteiger partial charge is 0.382 e. The zero-order chi connectivity index (χ0) is 17.1. The maximum Gasteiger partial charge on any atom is 0.251 e. The van der Waals surface area contributed by atoms with Gasteiger partial charge in [0.2, 0.25) is 0 Å². The number of hydrogen-bond donors (Lipinski definition) is 2. The highest BCUT2D eigenvalue weighted by Gasteiger charge is 2.09. The first-order valence-electron chi connectivity index (χ1n) is 7.42. The molecule has 0 aliphatic heterocycles. The molecule has 6 nitrogen and oxygen atoms in total. The number of aromatic nitrogens is 3. The molecule has 2 heterocycles. The summed E-state index contributed by atoms with van der Waals surface area (Å²) in [5.41, 5.74) is 8.74. The van der Waals surface area contributed by atoms with Gasteiger partial charge in [-0.2, -0.15) is 0 Å². The molecule has 0 radical (unpaired) electrons. The Bertz CT molecular complexity index is 873. The third-order valence-electron chi connectivity index (χ3n) is 3.51. The van der Waals surface area contributed by atoms with Crippen LogP contribution in [-0.4, -0.2) is 20.9 Å². The Morgan fingerprint density at radius 2 is 1.92 bits per heavy atom. The van der Waals surface area contributed by atoms with Gasteiger partial charge < -0.3 is 11.1 Å². The third-order valence-corrected chi connectivity index (χ3v) is 4.58. The fourth-order valence-electron chi connectivity index (χ4n) is 2.31. The highest BCUT2D eigenvalue weighted by molar-refractivity contribution is 7.11. The molecular formula is C17H17N5OS. The van der Waals surface area contributed by atoms with Gasteiger partial charge in [0, 0.05) is 16.0 Å². The van der Waals surface area contributed by atoms with E-state index < -0.39 is 0 Å². The molecule has 3 aromatic rings. The Balaban J connectivity index is 1.69. The molecule has 24 heavy (non-hydrogen) atoms. The van der Waals surface area contributed by atoms with Crippen molar-refractivity contribution in [3.8, 4) is 11.3 Å². The van der Waals surface area contributed by atoms with Gasteiger partial charge in [-0.1, -0.05) is 12.1 Å². The van der Waals surface area contributed by atoms with E-state index in [9.17, 15) is 4.79 Å². The first-order valence-corrected chi connectivity index (χ1v) is 8.23. The first-order chi connectivity index (χ1) is 11.5. The Morgan fingerprint density at radius 3 is 2.54 bits per heavy atom. The van der Waals surface area contributed by atoms with Crippen LogP contribution in [-0.2, 0) is 6.54 Å². The summed E-state index contributed by atoms with van der Waals surface area (Å²) in [5.74, 6) is 0.246. The van der Waals surface area contributed by atoms with Crippen LogP contribution in [0.2, 0.25) is 0 Å². The fourth-order valence-corrected chi connectivity index (χ4v) is 3.19. The number of aryl methyl sites for hydroxylation is 2. The molecule has 3 rings (SSSR count). The van der Waals surface area contributed by atoms with Gasteiger partial charge in [-0.05, 0) is 26.0 Å². The maximum absolute atomic E-state index is 12.3. The summed E-state index contributed by atoms with van der Waals surface area (Å²) in [6, 6.07) is 7.20. The zero-order valence-corrected chi connectivity index (χ0v) is 14.2. The number of nitrogens with one attached hydrogen (secondary N) is 1. The van der Waals surface area contributed by atoms with Gasteiger partial charge in [-0.25, -0.2) is 9.97 Å². The van der Waals surface area contributed by atoms with E-state index in [0.29, 0.717) is 23.6 Å². The standard InChI is InChI=1S/C17H17N5OS/c1-10-15(24-11(2)21-10)8-20-17(23)13-5-3-12(4-6-13)14-7-19-9-16(18)22-14/h3-7,9H,8H2,1-2H3,(H2,18,22)(H,20,23). The minimum atomic E-state index is -0.120. The van der Waals surface area contributed by atoms with Crippen molar-refractivity contribution in [1.29, 1.82) is 0 Å². The molecule has 0 fully saturated rings. The molecule has 0 aliphatic carbocycles. The zero-order valence-electron chi connectivity index (χ0n) is 13.4. The lowest BCUT2D eigenvalue weighted by atomic mass is 10.1. The fraction of sp³-hybridized carbons (Fsp3) is 0.176.